The van der Waals surface area contributed by atoms with E-state index in [1.54, 1.807) is 0 Å². The van der Waals surface area contributed by atoms with Crippen molar-refractivity contribution in [3.63, 3.8) is 0 Å². The van der Waals surface area contributed by atoms with E-state index in [0.717, 1.165) is 12.8 Å². The van der Waals surface area contributed by atoms with Gasteiger partial charge in [0.05, 0.1) is 10.7 Å². The van der Waals surface area contributed by atoms with Crippen molar-refractivity contribution >= 4 is 15.7 Å². The molecule has 1 aromatic rings. The summed E-state index contributed by atoms with van der Waals surface area (Å²) < 4.78 is 26.7. The molecule has 0 aliphatic carbocycles. The predicted molar refractivity (Wildman–Crippen MR) is 81.2 cm³/mol. The van der Waals surface area contributed by atoms with Gasteiger partial charge >= 0.3 is 0 Å². The molecule has 0 aromatic heterocycles. The highest BCUT2D eigenvalue weighted by molar-refractivity contribution is 7.88. The first-order valence-electron chi connectivity index (χ1n) is 6.81. The van der Waals surface area contributed by atoms with Crippen molar-refractivity contribution in [2.75, 3.05) is 6.54 Å². The Morgan fingerprint density at radius 1 is 1.33 bits per heavy atom. The fraction of sp³-hybridized carbons (Fsp3) is 0.538. The van der Waals surface area contributed by atoms with Crippen molar-refractivity contribution in [3.05, 3.63) is 39.9 Å². The van der Waals surface area contributed by atoms with Crippen LogP contribution >= 0.6 is 0 Å². The smallest absolute Gasteiger partial charge is 0.269 e. The molecule has 0 radical (unpaired) electrons. The zero-order valence-electron chi connectivity index (χ0n) is 12.0. The van der Waals surface area contributed by atoms with Gasteiger partial charge in [0.25, 0.3) is 5.69 Å². The Morgan fingerprint density at radius 2 is 1.95 bits per heavy atom. The van der Waals surface area contributed by atoms with Gasteiger partial charge in [-0.2, -0.15) is 0 Å². The summed E-state index contributed by atoms with van der Waals surface area (Å²) in [5.41, 5.74) is 6.00. The molecule has 0 spiro atoms. The summed E-state index contributed by atoms with van der Waals surface area (Å²) in [5, 5.41) is 10.5. The van der Waals surface area contributed by atoms with Crippen molar-refractivity contribution in [1.82, 2.24) is 4.72 Å². The number of unbranched alkanes of at least 4 members (excludes halogenated alkanes) is 1. The largest absolute Gasteiger partial charge is 0.329 e. The highest BCUT2D eigenvalue weighted by Gasteiger charge is 2.17. The molecular formula is C13H21N3O4S. The topological polar surface area (TPSA) is 115 Å². The average molecular weight is 315 g/mol. The van der Waals surface area contributed by atoms with E-state index in [9.17, 15) is 18.5 Å². The lowest BCUT2D eigenvalue weighted by Gasteiger charge is -2.16. The van der Waals surface area contributed by atoms with Gasteiger partial charge in [-0.1, -0.05) is 31.9 Å². The zero-order valence-corrected chi connectivity index (χ0v) is 12.8. The first-order valence-corrected chi connectivity index (χ1v) is 8.46. The molecule has 0 heterocycles. The SMILES string of the molecule is CCCCC(CN)NS(=O)(=O)Cc1ccc([N+](=O)[O-])cc1. The van der Waals surface area contributed by atoms with E-state index in [1.807, 2.05) is 6.92 Å². The number of hydrogen-bond acceptors (Lipinski definition) is 5. The van der Waals surface area contributed by atoms with Crippen molar-refractivity contribution in [3.8, 4) is 0 Å². The third-order valence-electron chi connectivity index (χ3n) is 3.04. The quantitative estimate of drug-likeness (QED) is 0.529. The van der Waals surface area contributed by atoms with Crippen LogP contribution in [0.3, 0.4) is 0 Å². The fourth-order valence-electron chi connectivity index (χ4n) is 1.90. The summed E-state index contributed by atoms with van der Waals surface area (Å²) in [5.74, 6) is -0.215. The number of nitro groups is 1. The second kappa shape index (κ2) is 8.06. The molecule has 1 rings (SSSR count). The Morgan fingerprint density at radius 3 is 2.43 bits per heavy atom. The van der Waals surface area contributed by atoms with E-state index in [2.05, 4.69) is 4.72 Å². The van der Waals surface area contributed by atoms with Crippen molar-refractivity contribution in [1.29, 1.82) is 0 Å². The number of hydrogen-bond donors (Lipinski definition) is 2. The molecule has 0 amide bonds. The van der Waals surface area contributed by atoms with E-state index in [1.165, 1.54) is 24.3 Å². The third-order valence-corrected chi connectivity index (χ3v) is 4.45. The monoisotopic (exact) mass is 315 g/mol. The predicted octanol–water partition coefficient (Wildman–Crippen LogP) is 1.53. The number of nitro benzene ring substituents is 1. The van der Waals surface area contributed by atoms with E-state index >= 15 is 0 Å². The van der Waals surface area contributed by atoms with Gasteiger partial charge in [0.2, 0.25) is 10.0 Å². The molecule has 7 nitrogen and oxygen atoms in total. The summed E-state index contributed by atoms with van der Waals surface area (Å²) in [6, 6.07) is 5.21. The van der Waals surface area contributed by atoms with Crippen LogP contribution in [-0.4, -0.2) is 25.9 Å². The van der Waals surface area contributed by atoms with Crippen LogP contribution in [0.25, 0.3) is 0 Å². The maximum Gasteiger partial charge on any atom is 0.269 e. The number of nitrogens with one attached hydrogen (secondary N) is 1. The Balaban J connectivity index is 2.68. The molecule has 1 unspecified atom stereocenters. The van der Waals surface area contributed by atoms with Crippen LogP contribution in [-0.2, 0) is 15.8 Å². The Labute approximate surface area is 124 Å². The standard InChI is InChI=1S/C13H21N3O4S/c1-2-3-4-12(9-14)15-21(19,20)10-11-5-7-13(8-6-11)16(17)18/h5-8,12,15H,2-4,9-10,14H2,1H3. The lowest BCUT2D eigenvalue weighted by molar-refractivity contribution is -0.384. The molecule has 1 aromatic carbocycles. The maximum absolute atomic E-state index is 12.1. The highest BCUT2D eigenvalue weighted by atomic mass is 32.2. The Bertz CT molecular complexity index is 557. The number of rotatable bonds is 9. The minimum atomic E-state index is -3.51. The van der Waals surface area contributed by atoms with Crippen LogP contribution in [0.4, 0.5) is 5.69 Å². The van der Waals surface area contributed by atoms with Crippen LogP contribution in [0.15, 0.2) is 24.3 Å². The molecule has 3 N–H and O–H groups in total. The van der Waals surface area contributed by atoms with Gasteiger partial charge in [-0.3, -0.25) is 10.1 Å². The molecule has 1 atom stereocenters. The number of non-ortho nitro benzene ring substituents is 1. The van der Waals surface area contributed by atoms with E-state index in [-0.39, 0.29) is 24.0 Å². The van der Waals surface area contributed by atoms with E-state index in [0.29, 0.717) is 12.0 Å². The van der Waals surface area contributed by atoms with Crippen LogP contribution in [0.5, 0.6) is 0 Å². The van der Waals surface area contributed by atoms with E-state index < -0.39 is 14.9 Å². The molecule has 0 aliphatic heterocycles. The minimum Gasteiger partial charge on any atom is -0.329 e. The normalized spacial score (nSPS) is 13.0. The molecule has 0 saturated carbocycles. The number of sulfonamides is 1. The second-order valence-electron chi connectivity index (χ2n) is 4.88. The van der Waals surface area contributed by atoms with Crippen LogP contribution in [0.2, 0.25) is 0 Å². The van der Waals surface area contributed by atoms with Crippen molar-refractivity contribution in [2.24, 2.45) is 5.73 Å². The summed E-state index contributed by atoms with van der Waals surface area (Å²) in [7, 11) is -3.51. The zero-order chi connectivity index (χ0) is 15.9. The lowest BCUT2D eigenvalue weighted by Crippen LogP contribution is -2.40. The fourth-order valence-corrected chi connectivity index (χ4v) is 3.34. The molecule has 0 bridgehead atoms. The van der Waals surface area contributed by atoms with Gasteiger partial charge < -0.3 is 5.73 Å². The Kier molecular flexibility index (Phi) is 6.73. The first-order chi connectivity index (χ1) is 9.88. The average Bonchev–Trinajstić information content (AvgIpc) is 2.43. The van der Waals surface area contributed by atoms with Crippen molar-refractivity contribution in [2.45, 2.75) is 38.0 Å². The molecule has 8 heteroatoms. The van der Waals surface area contributed by atoms with Gasteiger partial charge in [0, 0.05) is 24.7 Å². The van der Waals surface area contributed by atoms with Gasteiger partial charge in [0.15, 0.2) is 0 Å². The third kappa shape index (κ3) is 6.19. The number of nitrogens with zero attached hydrogens (tertiary/aromatic N) is 1. The van der Waals surface area contributed by atoms with Crippen LogP contribution in [0.1, 0.15) is 31.7 Å². The Hall–Kier alpha value is -1.51. The van der Waals surface area contributed by atoms with Crippen LogP contribution in [0, 0.1) is 10.1 Å². The number of benzene rings is 1. The number of nitrogens with two attached hydrogens (primary N) is 1. The van der Waals surface area contributed by atoms with Gasteiger partial charge in [0.1, 0.15) is 0 Å². The summed E-state index contributed by atoms with van der Waals surface area (Å²) >= 11 is 0. The summed E-state index contributed by atoms with van der Waals surface area (Å²) in [6.45, 7) is 2.28. The minimum absolute atomic E-state index is 0.0631. The summed E-state index contributed by atoms with van der Waals surface area (Å²) in [6.07, 6.45) is 2.58. The molecular weight excluding hydrogens is 294 g/mol. The lowest BCUT2D eigenvalue weighted by atomic mass is 10.1. The molecule has 0 fully saturated rings. The van der Waals surface area contributed by atoms with E-state index in [4.69, 9.17) is 5.73 Å². The molecule has 0 aliphatic rings. The van der Waals surface area contributed by atoms with Gasteiger partial charge in [-0.15, -0.1) is 0 Å². The van der Waals surface area contributed by atoms with Gasteiger partial charge in [-0.05, 0) is 12.0 Å². The summed E-state index contributed by atoms with van der Waals surface area (Å²) in [4.78, 5) is 10.0. The first kappa shape index (κ1) is 17.5. The molecule has 0 saturated heterocycles. The second-order valence-corrected chi connectivity index (χ2v) is 6.63. The molecule has 21 heavy (non-hydrogen) atoms. The molecule has 118 valence electrons. The van der Waals surface area contributed by atoms with Crippen molar-refractivity contribution < 1.29 is 13.3 Å². The highest BCUT2D eigenvalue weighted by Crippen LogP contribution is 2.14. The van der Waals surface area contributed by atoms with Gasteiger partial charge in [-0.25, -0.2) is 13.1 Å². The van der Waals surface area contributed by atoms with Crippen LogP contribution < -0.4 is 10.5 Å². The maximum atomic E-state index is 12.1.